The van der Waals surface area contributed by atoms with E-state index in [1.54, 1.807) is 12.1 Å². The van der Waals surface area contributed by atoms with Gasteiger partial charge in [0.15, 0.2) is 0 Å². The molecular weight excluding hydrogens is 269 g/mol. The van der Waals surface area contributed by atoms with E-state index in [4.69, 9.17) is 11.5 Å². The summed E-state index contributed by atoms with van der Waals surface area (Å²) in [6.45, 7) is 3.38. The second kappa shape index (κ2) is 6.43. The summed E-state index contributed by atoms with van der Waals surface area (Å²) in [4.78, 5) is 13.6. The molecule has 1 fully saturated rings. The average Bonchev–Trinajstić information content (AvgIpc) is 2.84. The summed E-state index contributed by atoms with van der Waals surface area (Å²) in [7, 11) is 0. The fraction of sp³-hybridized carbons (Fsp3) is 0.562. The normalized spacial score (nSPS) is 25.0. The van der Waals surface area contributed by atoms with Crippen molar-refractivity contribution < 1.29 is 9.18 Å². The monoisotopic (exact) mass is 293 g/mol. The molecule has 4 N–H and O–H groups in total. The summed E-state index contributed by atoms with van der Waals surface area (Å²) in [5.74, 6) is -0.561. The summed E-state index contributed by atoms with van der Waals surface area (Å²) in [6.07, 6.45) is 3.24. The maximum atomic E-state index is 13.9. The average molecular weight is 293 g/mol. The highest BCUT2D eigenvalue weighted by Gasteiger charge is 2.44. The van der Waals surface area contributed by atoms with Gasteiger partial charge in [-0.3, -0.25) is 4.79 Å². The van der Waals surface area contributed by atoms with E-state index >= 15 is 0 Å². The number of hydrogen-bond donors (Lipinski definition) is 2. The van der Waals surface area contributed by atoms with Gasteiger partial charge in [-0.15, -0.1) is 0 Å². The number of anilines is 1. The molecular formula is C16H24FN3O. The van der Waals surface area contributed by atoms with Crippen LogP contribution in [0.4, 0.5) is 10.1 Å². The summed E-state index contributed by atoms with van der Waals surface area (Å²) in [6, 6.07) is 6.75. The number of halogens is 1. The Hall–Kier alpha value is -1.62. The Bertz CT molecular complexity index is 508. The number of nitrogens with two attached hydrogens (primary N) is 2. The van der Waals surface area contributed by atoms with Crippen molar-refractivity contribution in [1.29, 1.82) is 0 Å². The van der Waals surface area contributed by atoms with Gasteiger partial charge in [0.1, 0.15) is 5.82 Å². The zero-order chi connectivity index (χ0) is 15.5. The van der Waals surface area contributed by atoms with Crippen molar-refractivity contribution in [2.75, 3.05) is 18.0 Å². The van der Waals surface area contributed by atoms with Crippen LogP contribution in [0.1, 0.15) is 32.6 Å². The largest absolute Gasteiger partial charge is 0.369 e. The maximum absolute atomic E-state index is 13.9. The van der Waals surface area contributed by atoms with Gasteiger partial charge in [-0.25, -0.2) is 4.39 Å². The minimum Gasteiger partial charge on any atom is -0.369 e. The van der Waals surface area contributed by atoms with E-state index < -0.39 is 11.4 Å². The molecule has 5 heteroatoms. The van der Waals surface area contributed by atoms with Crippen LogP contribution >= 0.6 is 0 Å². The van der Waals surface area contributed by atoms with Crippen LogP contribution in [-0.2, 0) is 4.79 Å². The third-order valence-electron chi connectivity index (χ3n) is 4.65. The molecule has 2 rings (SSSR count). The molecule has 0 heterocycles. The molecule has 1 aliphatic carbocycles. The molecule has 1 amide bonds. The highest BCUT2D eigenvalue weighted by atomic mass is 19.1. The van der Waals surface area contributed by atoms with E-state index in [1.807, 2.05) is 17.9 Å². The molecule has 0 saturated heterocycles. The molecule has 0 radical (unpaired) electrons. The maximum Gasteiger partial charge on any atom is 0.237 e. The number of carbonyl (C=O) groups is 1. The predicted molar refractivity (Wildman–Crippen MR) is 82.4 cm³/mol. The molecule has 1 saturated carbocycles. The first kappa shape index (κ1) is 15.8. The van der Waals surface area contributed by atoms with Gasteiger partial charge in [0.25, 0.3) is 0 Å². The molecule has 4 nitrogen and oxygen atoms in total. The van der Waals surface area contributed by atoms with Gasteiger partial charge in [0, 0.05) is 13.1 Å². The van der Waals surface area contributed by atoms with E-state index in [0.29, 0.717) is 25.2 Å². The zero-order valence-electron chi connectivity index (χ0n) is 12.5. The summed E-state index contributed by atoms with van der Waals surface area (Å²) >= 11 is 0. The Morgan fingerprint density at radius 2 is 2.19 bits per heavy atom. The number of primary amides is 1. The number of rotatable bonds is 6. The molecule has 21 heavy (non-hydrogen) atoms. The first-order valence-electron chi connectivity index (χ1n) is 7.57. The van der Waals surface area contributed by atoms with Gasteiger partial charge in [-0.1, -0.05) is 18.6 Å². The lowest BCUT2D eigenvalue weighted by molar-refractivity contribution is -0.124. The minimum absolute atomic E-state index is 0.0795. The number of para-hydroxylation sites is 1. The second-order valence-electron chi connectivity index (χ2n) is 5.81. The topological polar surface area (TPSA) is 72.3 Å². The smallest absolute Gasteiger partial charge is 0.237 e. The van der Waals surface area contributed by atoms with Crippen molar-refractivity contribution in [2.45, 2.75) is 38.1 Å². The van der Waals surface area contributed by atoms with Gasteiger partial charge in [0.05, 0.1) is 11.2 Å². The fourth-order valence-corrected chi connectivity index (χ4v) is 3.30. The van der Waals surface area contributed by atoms with Gasteiger partial charge in [-0.2, -0.15) is 0 Å². The molecule has 0 aromatic heterocycles. The minimum atomic E-state index is -0.894. The van der Waals surface area contributed by atoms with E-state index in [9.17, 15) is 9.18 Å². The third-order valence-corrected chi connectivity index (χ3v) is 4.65. The van der Waals surface area contributed by atoms with Crippen LogP contribution in [0.25, 0.3) is 0 Å². The van der Waals surface area contributed by atoms with Crippen molar-refractivity contribution in [3.05, 3.63) is 30.1 Å². The Kier molecular flexibility index (Phi) is 4.83. The number of carbonyl (C=O) groups excluding carboxylic acids is 1. The van der Waals surface area contributed by atoms with Crippen molar-refractivity contribution in [3.63, 3.8) is 0 Å². The number of nitrogens with zero attached hydrogens (tertiary/aromatic N) is 1. The predicted octanol–water partition coefficient (Wildman–Crippen LogP) is 2.02. The number of hydrogen-bond acceptors (Lipinski definition) is 3. The lowest BCUT2D eigenvalue weighted by Gasteiger charge is -2.31. The van der Waals surface area contributed by atoms with Crippen molar-refractivity contribution in [1.82, 2.24) is 0 Å². The van der Waals surface area contributed by atoms with Crippen LogP contribution < -0.4 is 16.4 Å². The zero-order valence-corrected chi connectivity index (χ0v) is 12.5. The fourth-order valence-electron chi connectivity index (χ4n) is 3.30. The van der Waals surface area contributed by atoms with Crippen molar-refractivity contribution >= 4 is 11.6 Å². The molecule has 0 aliphatic heterocycles. The first-order valence-corrected chi connectivity index (χ1v) is 7.57. The van der Waals surface area contributed by atoms with E-state index in [1.165, 1.54) is 6.07 Å². The molecule has 2 unspecified atom stereocenters. The first-order chi connectivity index (χ1) is 9.99. The van der Waals surface area contributed by atoms with Crippen LogP contribution in [0.3, 0.4) is 0 Å². The van der Waals surface area contributed by atoms with E-state index in [-0.39, 0.29) is 11.7 Å². The van der Waals surface area contributed by atoms with Gasteiger partial charge in [0.2, 0.25) is 5.91 Å². The number of amides is 1. The van der Waals surface area contributed by atoms with Crippen LogP contribution in [0.5, 0.6) is 0 Å². The molecule has 1 aromatic rings. The van der Waals surface area contributed by atoms with Crippen molar-refractivity contribution in [3.8, 4) is 0 Å². The quantitative estimate of drug-likeness (QED) is 0.843. The molecule has 1 aliphatic rings. The lowest BCUT2D eigenvalue weighted by atomic mass is 9.85. The summed E-state index contributed by atoms with van der Waals surface area (Å²) in [5, 5.41) is 0. The number of benzene rings is 1. The summed E-state index contributed by atoms with van der Waals surface area (Å²) < 4.78 is 13.9. The van der Waals surface area contributed by atoms with Crippen LogP contribution in [-0.4, -0.2) is 24.5 Å². The van der Waals surface area contributed by atoms with Crippen molar-refractivity contribution in [2.24, 2.45) is 17.4 Å². The molecule has 2 atom stereocenters. The molecule has 0 spiro atoms. The highest BCUT2D eigenvalue weighted by Crippen LogP contribution is 2.36. The molecule has 116 valence electrons. The Balaban J connectivity index is 2.04. The molecule has 1 aromatic carbocycles. The van der Waals surface area contributed by atoms with Gasteiger partial charge < -0.3 is 16.4 Å². The highest BCUT2D eigenvalue weighted by molar-refractivity contribution is 5.85. The standard InChI is InChI=1S/C16H24FN3O/c1-2-20(14-8-4-3-7-13(14)17)11-9-12-6-5-10-16(12,19)15(18)21/h3-4,7-8,12H,2,5-6,9-11,19H2,1H3,(H2,18,21). The van der Waals surface area contributed by atoms with Gasteiger partial charge in [-0.05, 0) is 44.2 Å². The third kappa shape index (κ3) is 3.18. The van der Waals surface area contributed by atoms with E-state index in [0.717, 1.165) is 19.3 Å². The molecule has 0 bridgehead atoms. The van der Waals surface area contributed by atoms with Crippen LogP contribution in [0.2, 0.25) is 0 Å². The van der Waals surface area contributed by atoms with E-state index in [2.05, 4.69) is 0 Å². The van der Waals surface area contributed by atoms with Crippen LogP contribution in [0, 0.1) is 11.7 Å². The summed E-state index contributed by atoms with van der Waals surface area (Å²) in [5.41, 5.74) is 11.3. The van der Waals surface area contributed by atoms with Crippen LogP contribution in [0.15, 0.2) is 24.3 Å². The second-order valence-corrected chi connectivity index (χ2v) is 5.81. The Morgan fingerprint density at radius 3 is 2.81 bits per heavy atom. The Morgan fingerprint density at radius 1 is 1.48 bits per heavy atom. The SMILES string of the molecule is CCN(CCC1CCCC1(N)C(N)=O)c1ccccc1F. The lowest BCUT2D eigenvalue weighted by Crippen LogP contribution is -2.55. The Labute approximate surface area is 125 Å². The van der Waals surface area contributed by atoms with Gasteiger partial charge >= 0.3 is 0 Å².